The number of esters is 4. The van der Waals surface area contributed by atoms with E-state index in [4.69, 9.17) is 37.0 Å². The molecule has 0 aromatic rings. The van der Waals surface area contributed by atoms with E-state index in [1.807, 2.05) is 36.5 Å². The van der Waals surface area contributed by atoms with Crippen molar-refractivity contribution in [3.8, 4) is 0 Å². The number of allylic oxidation sites excluding steroid dienone is 24. The first kappa shape index (κ1) is 88.7. The van der Waals surface area contributed by atoms with Gasteiger partial charge < -0.3 is 33.8 Å². The van der Waals surface area contributed by atoms with Crippen molar-refractivity contribution in [2.24, 2.45) is 0 Å². The topological polar surface area (TPSA) is 237 Å². The lowest BCUT2D eigenvalue weighted by atomic mass is 10.1. The molecule has 0 aliphatic heterocycles. The maximum Gasteiger partial charge on any atom is 0.472 e. The highest BCUT2D eigenvalue weighted by Gasteiger charge is 2.30. The van der Waals surface area contributed by atoms with Gasteiger partial charge in [-0.15, -0.1) is 0 Å². The van der Waals surface area contributed by atoms with Gasteiger partial charge in [0.05, 0.1) is 39.3 Å². The number of phosphoric ester groups is 2. The van der Waals surface area contributed by atoms with E-state index in [-0.39, 0.29) is 25.7 Å². The predicted octanol–water partition coefficient (Wildman–Crippen LogP) is 19.3. The highest BCUT2D eigenvalue weighted by molar-refractivity contribution is 7.47. The highest BCUT2D eigenvalue weighted by Crippen LogP contribution is 2.45. The number of ether oxygens (including phenoxy) is 4. The van der Waals surface area contributed by atoms with Crippen LogP contribution < -0.4 is 0 Å². The standard InChI is InChI=1S/C75H120O17P2/c1-5-9-13-17-21-25-29-32-34-37-40-43-47-51-55-59-72(77)85-65-70(91-74(79)61-57-53-49-45-39-28-24-20-16-12-8-4)67-89-93(81,82)87-63-69(76)64-88-94(83,84)90-68-71(92-75(80)62-58-54-50-46-42-36-31-27-23-19-15-11-7-3)66-86-73(78)60-56-52-48-44-41-38-35-33-30-26-22-18-14-10-6-2/h9-10,13-15,19-22,24-27,31-35,40-41,43-44,51-52,55-56,69-71,76H,5-8,11-12,16-18,23,28-30,36-39,42,45-50,53-54,57-68H2,1-4H3,(H,81,82)(H,83,84)/b13-9-,14-10-,19-15-,24-20-,25-21-,26-22-,31-27-,34-32-,35-33-,43-40-,44-41-,55-51-,56-52-. The molecule has 19 heteroatoms. The van der Waals surface area contributed by atoms with E-state index in [1.165, 1.54) is 6.42 Å². The minimum absolute atomic E-state index is 0.0517. The largest absolute Gasteiger partial charge is 0.472 e. The van der Waals surface area contributed by atoms with Gasteiger partial charge in [-0.05, 0) is 122 Å². The number of hydrogen-bond donors (Lipinski definition) is 3. The fourth-order valence-corrected chi connectivity index (χ4v) is 9.84. The van der Waals surface area contributed by atoms with Gasteiger partial charge in [-0.1, -0.05) is 243 Å². The number of carbonyl (C=O) groups is 4. The Kier molecular flexibility index (Phi) is 62.5. The van der Waals surface area contributed by atoms with Crippen LogP contribution in [-0.4, -0.2) is 96.7 Å². The Bertz CT molecular complexity index is 2410. The van der Waals surface area contributed by atoms with Crippen LogP contribution in [-0.2, 0) is 65.4 Å². The van der Waals surface area contributed by atoms with Crippen LogP contribution in [0.2, 0.25) is 0 Å². The average molecular weight is 1360 g/mol. The Morgan fingerprint density at radius 3 is 0.957 bits per heavy atom. The molecule has 532 valence electrons. The van der Waals surface area contributed by atoms with E-state index in [0.717, 1.165) is 148 Å². The molecule has 0 saturated carbocycles. The fourth-order valence-electron chi connectivity index (χ4n) is 8.26. The summed E-state index contributed by atoms with van der Waals surface area (Å²) >= 11 is 0. The summed E-state index contributed by atoms with van der Waals surface area (Å²) in [5, 5.41) is 10.6. The highest BCUT2D eigenvalue weighted by atomic mass is 31.2. The molecule has 0 aromatic carbocycles. The molecule has 0 fully saturated rings. The van der Waals surface area contributed by atoms with Crippen LogP contribution in [0.1, 0.15) is 233 Å². The van der Waals surface area contributed by atoms with Crippen molar-refractivity contribution in [2.75, 3.05) is 39.6 Å². The molecule has 94 heavy (non-hydrogen) atoms. The molecule has 0 radical (unpaired) electrons. The lowest BCUT2D eigenvalue weighted by molar-refractivity contribution is -0.161. The molecule has 0 aliphatic carbocycles. The van der Waals surface area contributed by atoms with E-state index in [1.54, 1.807) is 12.2 Å². The minimum atomic E-state index is -5.00. The van der Waals surface area contributed by atoms with Gasteiger partial charge in [0.25, 0.3) is 0 Å². The minimum Gasteiger partial charge on any atom is -0.461 e. The lowest BCUT2D eigenvalue weighted by Gasteiger charge is -2.21. The first-order valence-corrected chi connectivity index (χ1v) is 37.7. The van der Waals surface area contributed by atoms with Crippen molar-refractivity contribution in [3.05, 3.63) is 158 Å². The predicted molar refractivity (Wildman–Crippen MR) is 380 cm³/mol. The van der Waals surface area contributed by atoms with Crippen molar-refractivity contribution in [1.29, 1.82) is 0 Å². The Morgan fingerprint density at radius 2 is 0.606 bits per heavy atom. The summed E-state index contributed by atoms with van der Waals surface area (Å²) in [4.78, 5) is 72.4. The van der Waals surface area contributed by atoms with Crippen molar-refractivity contribution in [3.63, 3.8) is 0 Å². The number of aliphatic hydroxyl groups excluding tert-OH is 1. The zero-order chi connectivity index (χ0) is 69.0. The quantitative estimate of drug-likeness (QED) is 0.0169. The van der Waals surface area contributed by atoms with Crippen LogP contribution in [0.3, 0.4) is 0 Å². The molecular weight excluding hydrogens is 1230 g/mol. The molecule has 5 atom stereocenters. The molecule has 0 spiro atoms. The molecule has 17 nitrogen and oxygen atoms in total. The molecule has 0 amide bonds. The maximum atomic E-state index is 13.0. The zero-order valence-electron chi connectivity index (χ0n) is 57.6. The van der Waals surface area contributed by atoms with Crippen molar-refractivity contribution in [1.82, 2.24) is 0 Å². The number of carbonyl (C=O) groups excluding carboxylic acids is 4. The number of rotatable bonds is 63. The Morgan fingerprint density at radius 1 is 0.319 bits per heavy atom. The number of phosphoric acid groups is 2. The molecular formula is C75H120O17P2. The Hall–Kier alpha value is -5.32. The van der Waals surface area contributed by atoms with Gasteiger partial charge >= 0.3 is 39.5 Å². The second-order valence-electron chi connectivity index (χ2n) is 22.4. The van der Waals surface area contributed by atoms with Crippen molar-refractivity contribution >= 4 is 39.5 Å². The fraction of sp³-hybridized carbons (Fsp3) is 0.600. The molecule has 0 heterocycles. The monoisotopic (exact) mass is 1350 g/mol. The van der Waals surface area contributed by atoms with Crippen LogP contribution in [0.25, 0.3) is 0 Å². The summed E-state index contributed by atoms with van der Waals surface area (Å²) < 4.78 is 67.9. The van der Waals surface area contributed by atoms with E-state index in [0.29, 0.717) is 25.7 Å². The van der Waals surface area contributed by atoms with Gasteiger partial charge in [0.1, 0.15) is 19.3 Å². The van der Waals surface area contributed by atoms with E-state index in [9.17, 15) is 43.2 Å². The third-order valence-corrected chi connectivity index (χ3v) is 15.4. The summed E-state index contributed by atoms with van der Waals surface area (Å²) in [7, 11) is -10.0. The van der Waals surface area contributed by atoms with E-state index >= 15 is 0 Å². The van der Waals surface area contributed by atoms with E-state index < -0.39 is 97.5 Å². The summed E-state index contributed by atoms with van der Waals surface area (Å²) in [5.41, 5.74) is 0. The Labute approximate surface area is 566 Å². The zero-order valence-corrected chi connectivity index (χ0v) is 59.4. The van der Waals surface area contributed by atoms with Gasteiger partial charge in [-0.3, -0.25) is 37.3 Å². The first-order chi connectivity index (χ1) is 45.7. The molecule has 0 aromatic heterocycles. The van der Waals surface area contributed by atoms with Gasteiger partial charge in [0, 0.05) is 12.8 Å². The summed E-state index contributed by atoms with van der Waals surface area (Å²) in [5.74, 6) is -2.52. The number of unbranched alkanes of at least 4 members (excludes halogenated alkanes) is 13. The second kappa shape index (κ2) is 66.3. The molecule has 0 bridgehead atoms. The molecule has 0 aliphatic rings. The summed E-state index contributed by atoms with van der Waals surface area (Å²) in [6.45, 7) is 4.22. The van der Waals surface area contributed by atoms with Gasteiger partial charge in [-0.2, -0.15) is 0 Å². The summed E-state index contributed by atoms with van der Waals surface area (Å²) in [6.07, 6.45) is 74.7. The Balaban J connectivity index is 5.49. The average Bonchev–Trinajstić information content (AvgIpc) is 1.55. The van der Waals surface area contributed by atoms with Crippen LogP contribution in [0, 0.1) is 0 Å². The SMILES string of the molecule is CC/C=C\C/C=C\C/C=C\C/C=C\C/C=C\CC(=O)OCC(COP(=O)(O)OCC(O)COP(=O)(O)OCC(COC(=O)C/C=C\C/C=C\C/C=C\C/C=C\C/C=C\CC)OC(=O)CCCCCCC/C=C\CCCC)OC(=O)CCCCCCC/C=C\C/C=C\CCC. The van der Waals surface area contributed by atoms with Gasteiger partial charge in [-0.25, -0.2) is 9.13 Å². The van der Waals surface area contributed by atoms with Crippen molar-refractivity contribution < 1.29 is 80.2 Å². The molecule has 3 N–H and O–H groups in total. The second-order valence-corrected chi connectivity index (χ2v) is 25.3. The van der Waals surface area contributed by atoms with E-state index in [2.05, 4.69) is 137 Å². The first-order valence-electron chi connectivity index (χ1n) is 34.7. The smallest absolute Gasteiger partial charge is 0.461 e. The maximum absolute atomic E-state index is 13.0. The number of hydrogen-bond acceptors (Lipinski definition) is 15. The molecule has 0 saturated heterocycles. The van der Waals surface area contributed by atoms with Gasteiger partial charge in [0.2, 0.25) is 0 Å². The number of aliphatic hydroxyl groups is 1. The van der Waals surface area contributed by atoms with Crippen LogP contribution in [0.4, 0.5) is 0 Å². The molecule has 0 rings (SSSR count). The summed E-state index contributed by atoms with van der Waals surface area (Å²) in [6, 6.07) is 0. The van der Waals surface area contributed by atoms with Gasteiger partial charge in [0.15, 0.2) is 12.2 Å². The van der Waals surface area contributed by atoms with Crippen molar-refractivity contribution in [2.45, 2.75) is 251 Å². The molecule has 5 unspecified atom stereocenters. The normalized spacial score (nSPS) is 15.0. The van der Waals surface area contributed by atoms with Crippen LogP contribution in [0.5, 0.6) is 0 Å². The van der Waals surface area contributed by atoms with Crippen LogP contribution in [0.15, 0.2) is 158 Å². The van der Waals surface area contributed by atoms with Crippen LogP contribution >= 0.6 is 15.6 Å². The third-order valence-electron chi connectivity index (χ3n) is 13.5. The third kappa shape index (κ3) is 65.3. The lowest BCUT2D eigenvalue weighted by Crippen LogP contribution is -2.30.